The summed E-state index contributed by atoms with van der Waals surface area (Å²) in [5.41, 5.74) is 3.73. The number of carbonyl (C=O) groups is 2. The molecule has 1 aliphatic heterocycles. The van der Waals surface area contributed by atoms with Crippen molar-refractivity contribution in [1.82, 2.24) is 0 Å². The fourth-order valence-corrected chi connectivity index (χ4v) is 3.91. The van der Waals surface area contributed by atoms with Crippen molar-refractivity contribution < 1.29 is 24.2 Å². The van der Waals surface area contributed by atoms with Crippen molar-refractivity contribution >= 4 is 28.9 Å². The summed E-state index contributed by atoms with van der Waals surface area (Å²) in [4.78, 5) is 25.4. The van der Waals surface area contributed by atoms with Crippen molar-refractivity contribution in [2.45, 2.75) is 45.0 Å². The molecule has 1 unspecified atom stereocenters. The second kappa shape index (κ2) is 11.0. The van der Waals surface area contributed by atoms with Crippen LogP contribution in [0.1, 0.15) is 38.3 Å². The second-order valence-electron chi connectivity index (χ2n) is 7.79. The van der Waals surface area contributed by atoms with E-state index >= 15 is 0 Å². The Bertz CT molecular complexity index is 918. The molecule has 0 aliphatic carbocycles. The number of aliphatic hydroxyl groups excluding tert-OH is 1. The topological polar surface area (TPSA) is 100 Å². The first-order valence-corrected chi connectivity index (χ1v) is 10.8. The van der Waals surface area contributed by atoms with E-state index in [0.717, 1.165) is 29.0 Å². The van der Waals surface area contributed by atoms with E-state index in [2.05, 4.69) is 28.4 Å². The van der Waals surface area contributed by atoms with E-state index in [4.69, 9.17) is 4.74 Å². The van der Waals surface area contributed by atoms with Crippen LogP contribution in [0.3, 0.4) is 0 Å². The zero-order chi connectivity index (χ0) is 23.1. The highest BCUT2D eigenvalue weighted by molar-refractivity contribution is 5.95. The number of esters is 1. The zero-order valence-electron chi connectivity index (χ0n) is 18.7. The van der Waals surface area contributed by atoms with Crippen LogP contribution >= 0.6 is 0 Å². The van der Waals surface area contributed by atoms with Gasteiger partial charge in [-0.25, -0.2) is 4.79 Å². The molecule has 0 radical (unpaired) electrons. The van der Waals surface area contributed by atoms with Crippen molar-refractivity contribution in [3.8, 4) is 0 Å². The lowest BCUT2D eigenvalue weighted by Crippen LogP contribution is -2.44. The first kappa shape index (κ1) is 23.6. The third-order valence-electron chi connectivity index (χ3n) is 5.44. The van der Waals surface area contributed by atoms with Crippen molar-refractivity contribution in [3.05, 3.63) is 54.1 Å². The normalized spacial score (nSPS) is 18.4. The smallest absolute Gasteiger partial charge is 0.331 e. The fraction of sp³-hybridized carbons (Fsp3) is 0.417. The average Bonchev–Trinajstić information content (AvgIpc) is 2.80. The van der Waals surface area contributed by atoms with E-state index < -0.39 is 12.2 Å². The fourth-order valence-electron chi connectivity index (χ4n) is 3.91. The molecule has 0 aromatic heterocycles. The number of methoxy groups -OCH3 is 1. The molecule has 1 aliphatic rings. The van der Waals surface area contributed by atoms with E-state index in [1.807, 2.05) is 54.3 Å². The molecule has 3 N–H and O–H groups in total. The average molecular weight is 442 g/mol. The van der Waals surface area contributed by atoms with Gasteiger partial charge in [-0.3, -0.25) is 4.79 Å². The van der Waals surface area contributed by atoms with Crippen LogP contribution in [0.25, 0.3) is 0 Å². The van der Waals surface area contributed by atoms with Gasteiger partial charge in [-0.2, -0.15) is 0 Å². The third-order valence-corrected chi connectivity index (χ3v) is 5.44. The highest BCUT2D eigenvalue weighted by Crippen LogP contribution is 2.39. The zero-order valence-corrected chi connectivity index (χ0v) is 18.7. The molecule has 1 amide bonds. The van der Waals surface area contributed by atoms with E-state index in [9.17, 15) is 14.7 Å². The van der Waals surface area contributed by atoms with E-state index in [0.29, 0.717) is 6.42 Å². The van der Waals surface area contributed by atoms with Gasteiger partial charge in [0.2, 0.25) is 5.91 Å². The highest BCUT2D eigenvalue weighted by atomic mass is 16.6. The molecular formula is C24H31N3O5. The molecule has 0 fully saturated rings. The van der Waals surface area contributed by atoms with Crippen molar-refractivity contribution in [2.24, 2.45) is 0 Å². The van der Waals surface area contributed by atoms with Gasteiger partial charge in [-0.1, -0.05) is 25.1 Å². The number of hydrogen-bond acceptors (Lipinski definition) is 7. The number of ether oxygens (including phenoxy) is 2. The van der Waals surface area contributed by atoms with Gasteiger partial charge in [-0.15, -0.1) is 0 Å². The number of benzene rings is 2. The van der Waals surface area contributed by atoms with Gasteiger partial charge in [-0.05, 0) is 49.2 Å². The summed E-state index contributed by atoms with van der Waals surface area (Å²) in [6.45, 7) is 3.72. The minimum absolute atomic E-state index is 0.0428. The van der Waals surface area contributed by atoms with E-state index in [-0.39, 0.29) is 31.2 Å². The molecule has 8 nitrogen and oxygen atoms in total. The second-order valence-corrected chi connectivity index (χ2v) is 7.79. The van der Waals surface area contributed by atoms with Gasteiger partial charge in [0, 0.05) is 29.5 Å². The molecule has 172 valence electrons. The monoisotopic (exact) mass is 441 g/mol. The molecule has 0 bridgehead atoms. The Morgan fingerprint density at radius 2 is 1.84 bits per heavy atom. The number of anilines is 3. The Hall–Kier alpha value is -3.10. The number of para-hydroxylation sites is 1. The molecule has 2 aromatic rings. The van der Waals surface area contributed by atoms with Crippen LogP contribution in [0.2, 0.25) is 0 Å². The molecule has 3 rings (SSSR count). The summed E-state index contributed by atoms with van der Waals surface area (Å²) in [6, 6.07) is 15.8. The summed E-state index contributed by atoms with van der Waals surface area (Å²) >= 11 is 0. The minimum atomic E-state index is -0.952. The largest absolute Gasteiger partial charge is 0.467 e. The van der Waals surface area contributed by atoms with E-state index in [1.165, 1.54) is 7.11 Å². The van der Waals surface area contributed by atoms with Crippen LogP contribution < -0.4 is 15.5 Å². The van der Waals surface area contributed by atoms with Gasteiger partial charge < -0.3 is 30.1 Å². The van der Waals surface area contributed by atoms with Crippen LogP contribution in [0, 0.1) is 0 Å². The molecule has 0 saturated carbocycles. The number of hydrogen-bond donors (Lipinski definition) is 3. The summed E-state index contributed by atoms with van der Waals surface area (Å²) in [7, 11) is 1.28. The van der Waals surface area contributed by atoms with Gasteiger partial charge in [0.05, 0.1) is 19.8 Å². The maximum Gasteiger partial charge on any atom is 0.331 e. The Labute approximate surface area is 188 Å². The maximum atomic E-state index is 12.5. The first-order chi connectivity index (χ1) is 15.4. The molecule has 8 heteroatoms. The lowest BCUT2D eigenvalue weighted by Gasteiger charge is -2.40. The Morgan fingerprint density at radius 3 is 2.53 bits per heavy atom. The number of aliphatic hydroxyl groups is 1. The molecule has 2 aromatic carbocycles. The van der Waals surface area contributed by atoms with Crippen molar-refractivity contribution in [3.63, 3.8) is 0 Å². The summed E-state index contributed by atoms with van der Waals surface area (Å²) < 4.78 is 9.58. The molecule has 1 heterocycles. The van der Waals surface area contributed by atoms with Crippen LogP contribution in [0.15, 0.2) is 48.5 Å². The first-order valence-electron chi connectivity index (χ1n) is 10.8. The highest BCUT2D eigenvalue weighted by Gasteiger charge is 2.32. The minimum Gasteiger partial charge on any atom is -0.467 e. The number of amides is 1. The van der Waals surface area contributed by atoms with Crippen LogP contribution in [0.4, 0.5) is 17.1 Å². The van der Waals surface area contributed by atoms with Crippen molar-refractivity contribution in [1.29, 1.82) is 0 Å². The van der Waals surface area contributed by atoms with Gasteiger partial charge in [0.1, 0.15) is 12.8 Å². The number of nitrogens with one attached hydrogen (secondary N) is 2. The van der Waals surface area contributed by atoms with Crippen LogP contribution in [-0.2, 0) is 19.1 Å². The summed E-state index contributed by atoms with van der Waals surface area (Å²) in [5, 5.41) is 16.5. The molecule has 3 atom stereocenters. The van der Waals surface area contributed by atoms with Crippen LogP contribution in [-0.4, -0.2) is 49.6 Å². The number of fused-ring (bicyclic) bond motifs is 1. The number of carbonyl (C=O) groups excluding carboxylic acids is 2. The van der Waals surface area contributed by atoms with Crippen molar-refractivity contribution in [2.75, 3.05) is 35.9 Å². The molecular weight excluding hydrogens is 410 g/mol. The lowest BCUT2D eigenvalue weighted by atomic mass is 9.91. The Kier molecular flexibility index (Phi) is 8.08. The maximum absolute atomic E-state index is 12.5. The van der Waals surface area contributed by atoms with Gasteiger partial charge in [0.25, 0.3) is 0 Å². The predicted octanol–water partition coefficient (Wildman–Crippen LogP) is 3.29. The number of nitrogens with zero attached hydrogens (tertiary/aromatic N) is 1. The summed E-state index contributed by atoms with van der Waals surface area (Å²) in [6.07, 6.45) is 0.329. The van der Waals surface area contributed by atoms with Gasteiger partial charge >= 0.3 is 5.97 Å². The van der Waals surface area contributed by atoms with Gasteiger partial charge in [0.15, 0.2) is 0 Å². The Balaban J connectivity index is 1.62. The summed E-state index contributed by atoms with van der Waals surface area (Å²) in [5.74, 6) is -0.360. The standard InChI is InChI=1S/C24H31N3O5/c1-4-23(29)27-16(2)13-20(19-7-5-6-8-21(19)27)25-17-9-11-18(12-10-17)26-22(28)14-32-15-24(30)31-3/h5-12,16,20,22,25-26,28H,4,13-15H2,1-3H3/t16-,20+,22?/m0/s1. The molecule has 32 heavy (non-hydrogen) atoms. The Morgan fingerprint density at radius 1 is 1.16 bits per heavy atom. The molecule has 0 saturated heterocycles. The van der Waals surface area contributed by atoms with Crippen LogP contribution in [0.5, 0.6) is 0 Å². The van der Waals surface area contributed by atoms with E-state index in [1.54, 1.807) is 0 Å². The quantitative estimate of drug-likeness (QED) is 0.406. The SMILES string of the molecule is CCC(=O)N1c2ccccc2[C@H](Nc2ccc(NC(O)COCC(=O)OC)cc2)C[C@@H]1C. The molecule has 0 spiro atoms. The number of rotatable bonds is 9. The predicted molar refractivity (Wildman–Crippen MR) is 124 cm³/mol. The third kappa shape index (κ3) is 5.77. The lowest BCUT2D eigenvalue weighted by molar-refractivity contribution is -0.146.